The molecule has 10 nitrogen and oxygen atoms in total. The first-order valence-electron chi connectivity index (χ1n) is 9.41. The van der Waals surface area contributed by atoms with Crippen LogP contribution in [-0.4, -0.2) is 57.5 Å². The van der Waals surface area contributed by atoms with E-state index in [9.17, 15) is 4.79 Å². The zero-order valence-electron chi connectivity index (χ0n) is 16.7. The number of ether oxygens (including phenoxy) is 1. The van der Waals surface area contributed by atoms with Gasteiger partial charge in [0.15, 0.2) is 0 Å². The van der Waals surface area contributed by atoms with Gasteiger partial charge in [0.05, 0.1) is 24.1 Å². The number of rotatable bonds is 2. The van der Waals surface area contributed by atoms with Crippen molar-refractivity contribution in [3.8, 4) is 0 Å². The Hall–Kier alpha value is -2.72. The van der Waals surface area contributed by atoms with Crippen molar-refractivity contribution in [1.82, 2.24) is 14.7 Å². The van der Waals surface area contributed by atoms with Crippen molar-refractivity contribution in [1.29, 1.82) is 0 Å². The molecule has 1 aromatic heterocycles. The van der Waals surface area contributed by atoms with E-state index in [2.05, 4.69) is 25.5 Å². The number of halogens is 1. The van der Waals surface area contributed by atoms with Crippen LogP contribution in [0.2, 0.25) is 0 Å². The molecule has 0 aromatic carbocycles. The number of anilines is 1. The highest BCUT2D eigenvalue weighted by molar-refractivity contribution is 6.29. The van der Waals surface area contributed by atoms with Crippen molar-refractivity contribution < 1.29 is 26.9 Å². The number of amides is 1. The predicted octanol–water partition coefficient (Wildman–Crippen LogP) is -2.01. The second-order valence-corrected chi connectivity index (χ2v) is 7.94. The number of nitrogens with one attached hydrogen (secondary N) is 2. The first-order valence-corrected chi connectivity index (χ1v) is 9.41. The van der Waals surface area contributed by atoms with E-state index in [1.54, 1.807) is 23.5 Å². The highest BCUT2D eigenvalue weighted by Crippen LogP contribution is 2.24. The lowest BCUT2D eigenvalue weighted by Gasteiger charge is -2.33. The monoisotopic (exact) mass is 420 g/mol. The zero-order valence-corrected chi connectivity index (χ0v) is 17.4. The van der Waals surface area contributed by atoms with Gasteiger partial charge in [-0.2, -0.15) is 10.1 Å². The van der Waals surface area contributed by atoms with Gasteiger partial charge >= 0.3 is 6.09 Å². The summed E-state index contributed by atoms with van der Waals surface area (Å²) in [5.41, 5.74) is 0.359. The highest BCUT2D eigenvalue weighted by atomic mass is 35.5. The molecule has 0 spiro atoms. The molecular weight excluding hydrogens is 396 g/mol. The molecule has 29 heavy (non-hydrogen) atoms. The van der Waals surface area contributed by atoms with Crippen LogP contribution in [0.15, 0.2) is 39.9 Å². The van der Waals surface area contributed by atoms with Crippen molar-refractivity contribution in [2.45, 2.75) is 45.3 Å². The number of guanidine groups is 1. The van der Waals surface area contributed by atoms with E-state index in [1.807, 2.05) is 37.8 Å². The number of carbonyl (C=O) groups is 1. The molecule has 1 saturated heterocycles. The maximum Gasteiger partial charge on any atom is 0.410 e. The first-order chi connectivity index (χ1) is 13.4. The smallest absolute Gasteiger partial charge is 0.410 e. The summed E-state index contributed by atoms with van der Waals surface area (Å²) in [5, 5.41) is 12.9. The number of aromatic nitrogens is 2. The van der Waals surface area contributed by atoms with Crippen molar-refractivity contribution in [3.05, 3.63) is 24.8 Å². The molecule has 4 rings (SSSR count). The molecule has 3 aliphatic heterocycles. The third-order valence-electron chi connectivity index (χ3n) is 4.58. The number of hydrogen-bond donors (Lipinski definition) is 2. The molecule has 2 N–H and O–H groups in total. The Balaban J connectivity index is 0.00000240. The number of hydrogen-bond acceptors (Lipinski definition) is 7. The predicted molar refractivity (Wildman–Crippen MR) is 105 cm³/mol. The second kappa shape index (κ2) is 8.34. The summed E-state index contributed by atoms with van der Waals surface area (Å²) in [6.07, 6.45) is 10.4. The van der Waals surface area contributed by atoms with Crippen LogP contribution in [0.3, 0.4) is 0 Å². The van der Waals surface area contributed by atoms with Crippen molar-refractivity contribution in [2.75, 3.05) is 18.4 Å². The van der Waals surface area contributed by atoms with E-state index >= 15 is 0 Å². The van der Waals surface area contributed by atoms with Gasteiger partial charge in [0.25, 0.3) is 11.8 Å². The molecular formula is C18H25ClN8O2. The van der Waals surface area contributed by atoms with Gasteiger partial charge in [0, 0.05) is 19.3 Å². The van der Waals surface area contributed by atoms with Gasteiger partial charge in [-0.15, -0.1) is 5.01 Å². The lowest BCUT2D eigenvalue weighted by Crippen LogP contribution is -3.05. The summed E-state index contributed by atoms with van der Waals surface area (Å²) >= 11 is 0. The second-order valence-electron chi connectivity index (χ2n) is 7.94. The fourth-order valence-electron chi connectivity index (χ4n) is 3.24. The molecule has 1 atom stereocenters. The number of quaternary nitrogens is 1. The van der Waals surface area contributed by atoms with E-state index in [0.29, 0.717) is 19.0 Å². The van der Waals surface area contributed by atoms with Crippen molar-refractivity contribution in [2.24, 2.45) is 15.1 Å². The number of carbonyl (C=O) groups excluding carboxylic acids is 1. The van der Waals surface area contributed by atoms with Gasteiger partial charge in [-0.05, 0) is 38.7 Å². The van der Waals surface area contributed by atoms with Gasteiger partial charge in [0.1, 0.15) is 18.0 Å². The topological polar surface area (TPSA) is 101 Å². The molecule has 1 aromatic rings. The third kappa shape index (κ3) is 5.01. The molecule has 1 unspecified atom stereocenters. The van der Waals surface area contributed by atoms with Crippen LogP contribution in [0.1, 0.15) is 39.7 Å². The summed E-state index contributed by atoms with van der Waals surface area (Å²) in [6, 6.07) is 0.248. The molecule has 0 bridgehead atoms. The van der Waals surface area contributed by atoms with Crippen LogP contribution in [0.25, 0.3) is 0 Å². The van der Waals surface area contributed by atoms with Crippen LogP contribution in [-0.2, 0) is 4.74 Å². The number of piperidine rings is 1. The van der Waals surface area contributed by atoms with Crippen molar-refractivity contribution in [3.63, 3.8) is 0 Å². The number of fused-ring (bicyclic) bond motifs is 1. The van der Waals surface area contributed by atoms with Crippen LogP contribution in [0, 0.1) is 0 Å². The van der Waals surface area contributed by atoms with Gasteiger partial charge in [-0.1, -0.05) is 0 Å². The van der Waals surface area contributed by atoms with Gasteiger partial charge in [0.2, 0.25) is 0 Å². The van der Waals surface area contributed by atoms with Crippen LogP contribution in [0.4, 0.5) is 10.5 Å². The first kappa shape index (κ1) is 21.0. The maximum absolute atomic E-state index is 12.2. The summed E-state index contributed by atoms with van der Waals surface area (Å²) < 4.78 is 7.39. The zero-order chi connectivity index (χ0) is 19.7. The number of nitrogens with zero attached hydrogens (tertiary/aromatic N) is 6. The van der Waals surface area contributed by atoms with E-state index in [4.69, 9.17) is 4.74 Å². The Morgan fingerprint density at radius 1 is 1.31 bits per heavy atom. The van der Waals surface area contributed by atoms with Crippen LogP contribution in [0.5, 0.6) is 0 Å². The molecule has 1 fully saturated rings. The third-order valence-corrected chi connectivity index (χ3v) is 4.58. The number of amidine groups is 1. The van der Waals surface area contributed by atoms with Gasteiger partial charge in [-0.25, -0.2) is 4.79 Å². The van der Waals surface area contributed by atoms with Gasteiger partial charge < -0.3 is 27.4 Å². The Morgan fingerprint density at radius 2 is 2.07 bits per heavy atom. The normalized spacial score (nSPS) is 21.2. The fraction of sp³-hybridized carbons (Fsp3) is 0.500. The Morgan fingerprint density at radius 3 is 2.76 bits per heavy atom. The summed E-state index contributed by atoms with van der Waals surface area (Å²) in [5.74, 6) is 1.29. The maximum atomic E-state index is 12.2. The van der Waals surface area contributed by atoms with E-state index in [-0.39, 0.29) is 24.5 Å². The largest absolute Gasteiger partial charge is 1.00 e. The molecule has 4 heterocycles. The Labute approximate surface area is 175 Å². The molecule has 1 amide bonds. The standard InChI is InChI=1S/C18H24N8O2.ClH/c1-18(2,3)28-17(27)24-7-4-14(5-8-24)26-12-13(10-20-26)21-16-22-15-11-19-6-9-25(15)23-16;/h6,9-12,14H,4-5,7-8H2,1-3H3,(H,21,23);1H. The summed E-state index contributed by atoms with van der Waals surface area (Å²) in [4.78, 5) is 22.4. The summed E-state index contributed by atoms with van der Waals surface area (Å²) in [7, 11) is 0. The molecule has 3 aliphatic rings. The number of aliphatic imine (C=N–C) groups is 2. The van der Waals surface area contributed by atoms with Crippen molar-refractivity contribution >= 4 is 29.8 Å². The molecule has 0 aliphatic carbocycles. The average Bonchev–Trinajstić information content (AvgIpc) is 3.27. The van der Waals surface area contributed by atoms with E-state index < -0.39 is 5.60 Å². The number of likely N-dealkylation sites (tertiary alicyclic amines) is 1. The molecule has 11 heteroatoms. The average molecular weight is 421 g/mol. The molecule has 156 valence electrons. The lowest BCUT2D eigenvalue weighted by atomic mass is 10.1. The highest BCUT2D eigenvalue weighted by Gasteiger charge is 2.28. The Kier molecular flexibility index (Phi) is 6.04. The van der Waals surface area contributed by atoms with Crippen LogP contribution >= 0.6 is 0 Å². The lowest BCUT2D eigenvalue weighted by molar-refractivity contribution is -0.748. The molecule has 0 saturated carbocycles. The Bertz CT molecular complexity index is 875. The minimum Gasteiger partial charge on any atom is -1.00 e. The SMILES string of the molecule is CC(C)(C)OC(=O)N1CCC(n2cc(NC3=N[NH+]4C=CN=CC4=N3)cn2)CC1.[Cl-]. The van der Waals surface area contributed by atoms with Gasteiger partial charge in [-0.3, -0.25) is 9.67 Å². The summed E-state index contributed by atoms with van der Waals surface area (Å²) in [6.45, 7) is 6.96. The minimum absolute atomic E-state index is 0. The van der Waals surface area contributed by atoms with E-state index in [0.717, 1.165) is 29.4 Å². The minimum atomic E-state index is -0.472. The quantitative estimate of drug-likeness (QED) is 0.577. The molecule has 0 radical (unpaired) electrons. The fourth-order valence-corrected chi connectivity index (χ4v) is 3.24. The van der Waals surface area contributed by atoms with E-state index in [1.165, 1.54) is 0 Å². The van der Waals surface area contributed by atoms with Crippen LogP contribution < -0.4 is 22.7 Å².